The van der Waals surface area contributed by atoms with Gasteiger partial charge in [0.2, 0.25) is 5.91 Å². The zero-order valence-corrected chi connectivity index (χ0v) is 8.99. The van der Waals surface area contributed by atoms with Crippen molar-refractivity contribution in [3.05, 3.63) is 0 Å². The van der Waals surface area contributed by atoms with Gasteiger partial charge in [-0.15, -0.1) is 0 Å². The molecule has 4 heteroatoms. The van der Waals surface area contributed by atoms with Crippen LogP contribution in [-0.4, -0.2) is 29.9 Å². The highest BCUT2D eigenvalue weighted by molar-refractivity contribution is 5.78. The van der Waals surface area contributed by atoms with Crippen LogP contribution in [0.2, 0.25) is 0 Å². The summed E-state index contributed by atoms with van der Waals surface area (Å²) in [7, 11) is 0. The van der Waals surface area contributed by atoms with Gasteiger partial charge in [0, 0.05) is 12.6 Å². The number of carbonyl (C=O) groups is 1. The summed E-state index contributed by atoms with van der Waals surface area (Å²) < 4.78 is 0. The van der Waals surface area contributed by atoms with Crippen molar-refractivity contribution in [3.63, 3.8) is 0 Å². The first-order valence-corrected chi connectivity index (χ1v) is 5.07. The third-order valence-electron chi connectivity index (χ3n) is 2.20. The topological polar surface area (TPSA) is 70.1 Å². The van der Waals surface area contributed by atoms with Crippen molar-refractivity contribution in [2.45, 2.75) is 39.2 Å². The van der Waals surface area contributed by atoms with Crippen LogP contribution in [0.3, 0.4) is 0 Å². The van der Waals surface area contributed by atoms with Crippen LogP contribution in [0.4, 0.5) is 0 Å². The maximum absolute atomic E-state index is 11.5. The first kappa shape index (κ1) is 12.9. The summed E-state index contributed by atoms with van der Waals surface area (Å²) in [5.41, 5.74) is 5.32. The Bertz CT molecular complexity index is 210. The van der Waals surface area contributed by atoms with E-state index >= 15 is 0 Å². The van der Waals surface area contributed by atoms with Crippen molar-refractivity contribution in [2.24, 2.45) is 5.73 Å². The Labute approximate surface area is 85.7 Å². The van der Waals surface area contributed by atoms with E-state index < -0.39 is 0 Å². The third kappa shape index (κ3) is 3.75. The minimum absolute atomic E-state index is 0.0241. The molecule has 0 aromatic heterocycles. The molecule has 0 aromatic rings. The van der Waals surface area contributed by atoms with Gasteiger partial charge < -0.3 is 10.6 Å². The van der Waals surface area contributed by atoms with Gasteiger partial charge >= 0.3 is 0 Å². The predicted molar refractivity (Wildman–Crippen MR) is 55.4 cm³/mol. The molecule has 0 unspecified atom stereocenters. The van der Waals surface area contributed by atoms with E-state index in [0.29, 0.717) is 13.0 Å². The number of hydrogen-bond donors (Lipinski definition) is 1. The van der Waals surface area contributed by atoms with E-state index in [1.807, 2.05) is 13.8 Å². The Kier molecular flexibility index (Phi) is 6.77. The molecule has 0 saturated heterocycles. The van der Waals surface area contributed by atoms with Crippen LogP contribution in [0.1, 0.15) is 33.1 Å². The van der Waals surface area contributed by atoms with Gasteiger partial charge in [0.15, 0.2) is 0 Å². The lowest BCUT2D eigenvalue weighted by Gasteiger charge is -2.29. The highest BCUT2D eigenvalue weighted by Crippen LogP contribution is 2.09. The van der Waals surface area contributed by atoms with Gasteiger partial charge in [-0.2, -0.15) is 5.26 Å². The highest BCUT2D eigenvalue weighted by atomic mass is 16.2. The fourth-order valence-electron chi connectivity index (χ4n) is 1.45. The van der Waals surface area contributed by atoms with E-state index in [2.05, 4.69) is 6.07 Å². The predicted octanol–water partition coefficient (Wildman–Crippen LogP) is 0.876. The van der Waals surface area contributed by atoms with E-state index in [1.54, 1.807) is 4.90 Å². The summed E-state index contributed by atoms with van der Waals surface area (Å²) in [5.74, 6) is -0.0612. The molecule has 1 amide bonds. The van der Waals surface area contributed by atoms with Crippen LogP contribution >= 0.6 is 0 Å². The summed E-state index contributed by atoms with van der Waals surface area (Å²) in [4.78, 5) is 13.2. The molecule has 0 aliphatic carbocycles. The van der Waals surface area contributed by atoms with Gasteiger partial charge in [0.05, 0.1) is 19.0 Å². The molecule has 0 fully saturated rings. The Morgan fingerprint density at radius 3 is 2.57 bits per heavy atom. The average molecular weight is 197 g/mol. The molecule has 0 radical (unpaired) electrons. The fourth-order valence-corrected chi connectivity index (χ4v) is 1.45. The third-order valence-corrected chi connectivity index (χ3v) is 2.20. The lowest BCUT2D eigenvalue weighted by molar-refractivity contribution is -0.132. The molecule has 4 nitrogen and oxygen atoms in total. The van der Waals surface area contributed by atoms with Crippen molar-refractivity contribution >= 4 is 5.91 Å². The van der Waals surface area contributed by atoms with Gasteiger partial charge in [-0.3, -0.25) is 4.79 Å². The molecule has 0 spiro atoms. The van der Waals surface area contributed by atoms with Crippen LogP contribution in [0, 0.1) is 11.3 Å². The lowest BCUT2D eigenvalue weighted by Crippen LogP contribution is -2.43. The van der Waals surface area contributed by atoms with Gasteiger partial charge in [-0.1, -0.05) is 13.8 Å². The molecule has 2 N–H and O–H groups in total. The van der Waals surface area contributed by atoms with Crippen molar-refractivity contribution in [2.75, 3.05) is 13.1 Å². The van der Waals surface area contributed by atoms with Crippen molar-refractivity contribution < 1.29 is 4.79 Å². The second kappa shape index (κ2) is 7.34. The summed E-state index contributed by atoms with van der Waals surface area (Å²) in [5, 5.41) is 8.62. The summed E-state index contributed by atoms with van der Waals surface area (Å²) in [6.45, 7) is 4.71. The quantitative estimate of drug-likeness (QED) is 0.687. The Morgan fingerprint density at radius 2 is 2.21 bits per heavy atom. The van der Waals surface area contributed by atoms with Crippen LogP contribution in [-0.2, 0) is 4.79 Å². The number of hydrogen-bond acceptors (Lipinski definition) is 3. The molecule has 0 rings (SSSR count). The minimum atomic E-state index is -0.0612. The number of amides is 1. The molecule has 80 valence electrons. The zero-order chi connectivity index (χ0) is 11.0. The summed E-state index contributed by atoms with van der Waals surface area (Å²) >= 11 is 0. The molecule has 0 aliphatic heterocycles. The monoisotopic (exact) mass is 197 g/mol. The number of nitriles is 1. The molecular formula is C10H19N3O. The number of carbonyl (C=O) groups excluding carboxylic acids is 1. The van der Waals surface area contributed by atoms with Crippen molar-refractivity contribution in [1.82, 2.24) is 4.90 Å². The minimum Gasteiger partial charge on any atom is -0.338 e. The molecule has 0 heterocycles. The van der Waals surface area contributed by atoms with Gasteiger partial charge in [0.1, 0.15) is 0 Å². The fraction of sp³-hybridized carbons (Fsp3) is 0.800. The summed E-state index contributed by atoms with van der Waals surface area (Å²) in [6, 6.07) is 2.13. The van der Waals surface area contributed by atoms with Crippen LogP contribution in [0.5, 0.6) is 0 Å². The van der Waals surface area contributed by atoms with Gasteiger partial charge in [0.25, 0.3) is 0 Å². The number of nitrogens with two attached hydrogens (primary N) is 1. The maximum Gasteiger partial charge on any atom is 0.236 e. The first-order valence-electron chi connectivity index (χ1n) is 5.07. The first-order chi connectivity index (χ1) is 6.71. The Hall–Kier alpha value is -1.08. The highest BCUT2D eigenvalue weighted by Gasteiger charge is 2.19. The van der Waals surface area contributed by atoms with E-state index in [4.69, 9.17) is 11.0 Å². The lowest BCUT2D eigenvalue weighted by atomic mass is 10.1. The van der Waals surface area contributed by atoms with E-state index in [1.165, 1.54) is 0 Å². The van der Waals surface area contributed by atoms with Gasteiger partial charge in [-0.25, -0.2) is 0 Å². The zero-order valence-electron chi connectivity index (χ0n) is 8.99. The Morgan fingerprint density at radius 1 is 1.57 bits per heavy atom. The molecule has 0 saturated carbocycles. The van der Waals surface area contributed by atoms with E-state index in [0.717, 1.165) is 12.8 Å². The van der Waals surface area contributed by atoms with Crippen molar-refractivity contribution in [3.8, 4) is 6.07 Å². The molecule has 0 aliphatic rings. The largest absolute Gasteiger partial charge is 0.338 e. The molecular weight excluding hydrogens is 178 g/mol. The average Bonchev–Trinajstić information content (AvgIpc) is 2.22. The molecule has 0 bridgehead atoms. The number of rotatable bonds is 6. The van der Waals surface area contributed by atoms with Gasteiger partial charge in [-0.05, 0) is 12.8 Å². The van der Waals surface area contributed by atoms with Crippen molar-refractivity contribution in [1.29, 1.82) is 5.26 Å². The second-order valence-electron chi connectivity index (χ2n) is 3.22. The SMILES string of the molecule is CCCN(C(=O)CN)[C@H](CC)CC#N. The number of nitrogens with zero attached hydrogens (tertiary/aromatic N) is 2. The summed E-state index contributed by atoms with van der Waals surface area (Å²) in [6.07, 6.45) is 2.09. The molecule has 0 aromatic carbocycles. The Balaban J connectivity index is 4.43. The molecule has 1 atom stereocenters. The van der Waals surface area contributed by atoms with Crippen LogP contribution < -0.4 is 5.73 Å². The smallest absolute Gasteiger partial charge is 0.236 e. The molecule has 14 heavy (non-hydrogen) atoms. The van der Waals surface area contributed by atoms with E-state index in [9.17, 15) is 4.79 Å². The van der Waals surface area contributed by atoms with Crippen LogP contribution in [0.25, 0.3) is 0 Å². The normalized spacial score (nSPS) is 11.9. The standard InChI is InChI=1S/C10H19N3O/c1-3-7-13(10(14)8-12)9(4-2)5-6-11/h9H,3-5,7-8,12H2,1-2H3/t9-/m1/s1. The van der Waals surface area contributed by atoms with Crippen LogP contribution in [0.15, 0.2) is 0 Å². The second-order valence-corrected chi connectivity index (χ2v) is 3.22. The maximum atomic E-state index is 11.5. The van der Waals surface area contributed by atoms with E-state index in [-0.39, 0.29) is 18.5 Å².